The van der Waals surface area contributed by atoms with E-state index in [4.69, 9.17) is 9.47 Å². The summed E-state index contributed by atoms with van der Waals surface area (Å²) < 4.78 is 12.0. The summed E-state index contributed by atoms with van der Waals surface area (Å²) in [5, 5.41) is 2.82. The Hall–Kier alpha value is -0.820. The molecule has 1 aliphatic rings. The van der Waals surface area contributed by atoms with Crippen molar-refractivity contribution >= 4 is 28.5 Å². The van der Waals surface area contributed by atoms with Gasteiger partial charge in [0.2, 0.25) is 0 Å². The second-order valence-electron chi connectivity index (χ2n) is 4.96. The Morgan fingerprint density at radius 3 is 2.75 bits per heavy atom. The van der Waals surface area contributed by atoms with Crippen LogP contribution in [0.15, 0.2) is 24.3 Å². The Morgan fingerprint density at radius 2 is 2.05 bits per heavy atom. The van der Waals surface area contributed by atoms with Crippen LogP contribution >= 0.6 is 22.6 Å². The first kappa shape index (κ1) is 15.6. The highest BCUT2D eigenvalue weighted by molar-refractivity contribution is 14.1. The summed E-state index contributed by atoms with van der Waals surface area (Å²) in [6.45, 7) is 2.29. The Balaban J connectivity index is 1.48. The number of amides is 1. The van der Waals surface area contributed by atoms with E-state index in [0.29, 0.717) is 12.3 Å². The van der Waals surface area contributed by atoms with Crippen LogP contribution in [0.4, 0.5) is 0 Å². The minimum Gasteiger partial charge on any atom is -0.484 e. The summed E-state index contributed by atoms with van der Waals surface area (Å²) in [5.41, 5.74) is 0. The minimum atomic E-state index is -0.0919. The number of hydrogen-bond acceptors (Lipinski definition) is 3. The first-order valence-corrected chi connectivity index (χ1v) is 8.05. The van der Waals surface area contributed by atoms with E-state index >= 15 is 0 Å². The number of halogens is 1. The predicted molar refractivity (Wildman–Crippen MR) is 85.8 cm³/mol. The molecule has 0 unspecified atom stereocenters. The summed E-state index contributed by atoms with van der Waals surface area (Å²) in [4.78, 5) is 11.6. The van der Waals surface area contributed by atoms with Gasteiger partial charge in [0.15, 0.2) is 6.61 Å². The molecule has 1 saturated carbocycles. The lowest BCUT2D eigenvalue weighted by Crippen LogP contribution is -2.30. The quantitative estimate of drug-likeness (QED) is 0.522. The van der Waals surface area contributed by atoms with E-state index in [1.807, 2.05) is 24.3 Å². The molecule has 0 radical (unpaired) electrons. The van der Waals surface area contributed by atoms with Crippen LogP contribution in [-0.2, 0) is 9.53 Å². The van der Waals surface area contributed by atoms with E-state index in [-0.39, 0.29) is 12.5 Å². The predicted octanol–water partition coefficient (Wildman–Crippen LogP) is 2.60. The molecule has 1 aliphatic carbocycles. The Bertz CT molecular complexity index is 418. The summed E-state index contributed by atoms with van der Waals surface area (Å²) >= 11 is 2.23. The summed E-state index contributed by atoms with van der Waals surface area (Å²) in [5.74, 6) is 1.42. The van der Waals surface area contributed by atoms with Gasteiger partial charge in [0.05, 0.1) is 0 Å². The summed E-state index contributed by atoms with van der Waals surface area (Å²) in [7, 11) is 0. The fourth-order valence-corrected chi connectivity index (χ4v) is 2.03. The van der Waals surface area contributed by atoms with Crippen molar-refractivity contribution in [3.8, 4) is 5.75 Å². The highest BCUT2D eigenvalue weighted by atomic mass is 127. The molecule has 110 valence electrons. The molecular formula is C15H20INO3. The van der Waals surface area contributed by atoms with Gasteiger partial charge in [-0.05, 0) is 72.0 Å². The fourth-order valence-electron chi connectivity index (χ4n) is 1.67. The zero-order valence-electron chi connectivity index (χ0n) is 11.4. The molecular weight excluding hydrogens is 369 g/mol. The Morgan fingerprint density at radius 1 is 1.30 bits per heavy atom. The summed E-state index contributed by atoms with van der Waals surface area (Å²) in [6.07, 6.45) is 3.47. The fraction of sp³-hybridized carbons (Fsp3) is 0.533. The number of rotatable bonds is 9. The monoisotopic (exact) mass is 389 g/mol. The maximum Gasteiger partial charge on any atom is 0.257 e. The van der Waals surface area contributed by atoms with Gasteiger partial charge in [-0.25, -0.2) is 0 Å². The van der Waals surface area contributed by atoms with Crippen molar-refractivity contribution in [1.82, 2.24) is 5.32 Å². The van der Waals surface area contributed by atoms with Gasteiger partial charge in [-0.1, -0.05) is 0 Å². The van der Waals surface area contributed by atoms with E-state index in [2.05, 4.69) is 27.9 Å². The molecule has 2 rings (SSSR count). The number of ether oxygens (including phenoxy) is 2. The first-order chi connectivity index (χ1) is 9.74. The molecule has 0 atom stereocenters. The molecule has 1 aromatic carbocycles. The molecule has 4 nitrogen and oxygen atoms in total. The van der Waals surface area contributed by atoms with Gasteiger partial charge >= 0.3 is 0 Å². The molecule has 0 heterocycles. The minimum absolute atomic E-state index is 0.0591. The SMILES string of the molecule is O=C(COc1ccc(I)cc1)NCCCOCC1CC1. The number of nitrogens with one attached hydrogen (secondary N) is 1. The topological polar surface area (TPSA) is 47.6 Å². The van der Waals surface area contributed by atoms with Crippen molar-refractivity contribution in [3.05, 3.63) is 27.8 Å². The van der Waals surface area contributed by atoms with Crippen molar-refractivity contribution in [2.75, 3.05) is 26.4 Å². The third-order valence-electron chi connectivity index (χ3n) is 3.02. The third kappa shape index (κ3) is 6.56. The molecule has 1 amide bonds. The number of carbonyl (C=O) groups is 1. The van der Waals surface area contributed by atoms with Crippen LogP contribution in [0.2, 0.25) is 0 Å². The third-order valence-corrected chi connectivity index (χ3v) is 3.74. The number of hydrogen-bond donors (Lipinski definition) is 1. The van der Waals surface area contributed by atoms with Crippen LogP contribution in [0, 0.1) is 9.49 Å². The zero-order valence-corrected chi connectivity index (χ0v) is 13.6. The van der Waals surface area contributed by atoms with Crippen molar-refractivity contribution in [2.24, 2.45) is 5.92 Å². The molecule has 0 aliphatic heterocycles. The van der Waals surface area contributed by atoms with E-state index in [0.717, 1.165) is 29.1 Å². The highest BCUT2D eigenvalue weighted by Gasteiger charge is 2.20. The maximum atomic E-state index is 11.6. The zero-order chi connectivity index (χ0) is 14.2. The molecule has 5 heteroatoms. The molecule has 1 fully saturated rings. The Kier molecular flexibility index (Phi) is 6.59. The summed E-state index contributed by atoms with van der Waals surface area (Å²) in [6, 6.07) is 7.62. The highest BCUT2D eigenvalue weighted by Crippen LogP contribution is 2.28. The number of benzene rings is 1. The average Bonchev–Trinajstić information content (AvgIpc) is 3.26. The lowest BCUT2D eigenvalue weighted by atomic mass is 10.3. The van der Waals surface area contributed by atoms with Gasteiger partial charge in [-0.2, -0.15) is 0 Å². The van der Waals surface area contributed by atoms with Crippen molar-refractivity contribution < 1.29 is 14.3 Å². The van der Waals surface area contributed by atoms with E-state index in [9.17, 15) is 4.79 Å². The Labute approximate surface area is 133 Å². The van der Waals surface area contributed by atoms with Gasteiger partial charge in [0, 0.05) is 23.3 Å². The molecule has 0 aromatic heterocycles. The lowest BCUT2D eigenvalue weighted by Gasteiger charge is -2.08. The molecule has 1 aromatic rings. The van der Waals surface area contributed by atoms with Crippen molar-refractivity contribution in [1.29, 1.82) is 0 Å². The largest absolute Gasteiger partial charge is 0.484 e. The average molecular weight is 389 g/mol. The second-order valence-corrected chi connectivity index (χ2v) is 6.21. The maximum absolute atomic E-state index is 11.6. The second kappa shape index (κ2) is 8.46. The van der Waals surface area contributed by atoms with Gasteiger partial charge in [0.1, 0.15) is 5.75 Å². The van der Waals surface area contributed by atoms with Crippen LogP contribution in [0.1, 0.15) is 19.3 Å². The normalized spacial score (nSPS) is 14.1. The molecule has 1 N–H and O–H groups in total. The standard InChI is InChI=1S/C15H20INO3/c16-13-4-6-14(7-5-13)20-11-15(18)17-8-1-9-19-10-12-2-3-12/h4-7,12H,1-3,8-11H2,(H,17,18). The lowest BCUT2D eigenvalue weighted by molar-refractivity contribution is -0.123. The van der Waals surface area contributed by atoms with Crippen LogP contribution in [-0.4, -0.2) is 32.3 Å². The van der Waals surface area contributed by atoms with Crippen LogP contribution in [0.25, 0.3) is 0 Å². The van der Waals surface area contributed by atoms with E-state index in [1.165, 1.54) is 12.8 Å². The van der Waals surface area contributed by atoms with Gasteiger partial charge in [0.25, 0.3) is 5.91 Å². The van der Waals surface area contributed by atoms with Gasteiger partial charge in [-0.15, -0.1) is 0 Å². The molecule has 0 spiro atoms. The molecule has 0 saturated heterocycles. The van der Waals surface area contributed by atoms with Crippen LogP contribution in [0.3, 0.4) is 0 Å². The van der Waals surface area contributed by atoms with Gasteiger partial charge in [-0.3, -0.25) is 4.79 Å². The van der Waals surface area contributed by atoms with Crippen molar-refractivity contribution in [3.63, 3.8) is 0 Å². The van der Waals surface area contributed by atoms with Crippen molar-refractivity contribution in [2.45, 2.75) is 19.3 Å². The van der Waals surface area contributed by atoms with E-state index in [1.54, 1.807) is 0 Å². The van der Waals surface area contributed by atoms with Crippen LogP contribution < -0.4 is 10.1 Å². The van der Waals surface area contributed by atoms with E-state index < -0.39 is 0 Å². The van der Waals surface area contributed by atoms with Crippen LogP contribution in [0.5, 0.6) is 5.75 Å². The molecule has 0 bridgehead atoms. The van der Waals surface area contributed by atoms with Gasteiger partial charge < -0.3 is 14.8 Å². The molecule has 20 heavy (non-hydrogen) atoms. The first-order valence-electron chi connectivity index (χ1n) is 6.97. The smallest absolute Gasteiger partial charge is 0.257 e. The number of carbonyl (C=O) groups excluding carboxylic acids is 1.